The van der Waals surface area contributed by atoms with Crippen LogP contribution in [-0.2, 0) is 14.3 Å². The fraction of sp³-hybridized carbons (Fsp3) is 0.667. The normalized spacial score (nSPS) is 11.5. The van der Waals surface area contributed by atoms with Gasteiger partial charge in [0.2, 0.25) is 0 Å². The molecule has 0 aliphatic carbocycles. The Bertz CT molecular complexity index is 182. The molecule has 7 heteroatoms. The average molecular weight is 192 g/mol. The predicted octanol–water partition coefficient (Wildman–Crippen LogP) is 0.570. The molecule has 0 saturated carbocycles. The summed E-state index contributed by atoms with van der Waals surface area (Å²) in [4.78, 5) is 24.4. The standard InChI is InChI=1S/C6H10NO6/c1-3-11-6(8)12-4-5(2)13-7(9)10/h5H,1,3-4H2,2H3. The molecular formula is C6H10NO6. The maximum atomic E-state index is 10.5. The number of rotatable bonds is 5. The van der Waals surface area contributed by atoms with E-state index in [2.05, 4.69) is 21.2 Å². The zero-order chi connectivity index (χ0) is 10.3. The van der Waals surface area contributed by atoms with Crippen LogP contribution in [-0.4, -0.2) is 30.6 Å². The van der Waals surface area contributed by atoms with Gasteiger partial charge in [0.15, 0.2) is 0 Å². The van der Waals surface area contributed by atoms with Crippen LogP contribution in [0.1, 0.15) is 6.92 Å². The summed E-state index contributed by atoms with van der Waals surface area (Å²) in [5.41, 5.74) is 0. The highest BCUT2D eigenvalue weighted by atomic mass is 17.0. The molecule has 0 aromatic rings. The van der Waals surface area contributed by atoms with Crippen molar-refractivity contribution in [2.45, 2.75) is 13.0 Å². The van der Waals surface area contributed by atoms with Gasteiger partial charge in [0.05, 0.1) is 6.61 Å². The lowest BCUT2D eigenvalue weighted by Crippen LogP contribution is -2.22. The SMILES string of the molecule is [CH2]COC(=O)OCC(C)O[N+](=O)[O-]. The Morgan fingerprint density at radius 3 is 2.69 bits per heavy atom. The van der Waals surface area contributed by atoms with Crippen LogP contribution in [0, 0.1) is 17.0 Å². The van der Waals surface area contributed by atoms with Crippen LogP contribution in [0.15, 0.2) is 0 Å². The van der Waals surface area contributed by atoms with E-state index in [-0.39, 0.29) is 13.2 Å². The van der Waals surface area contributed by atoms with E-state index in [1.165, 1.54) is 6.92 Å². The van der Waals surface area contributed by atoms with Gasteiger partial charge in [-0.25, -0.2) is 4.79 Å². The van der Waals surface area contributed by atoms with Gasteiger partial charge in [-0.05, 0) is 13.8 Å². The summed E-state index contributed by atoms with van der Waals surface area (Å²) in [5.74, 6) is 0. The van der Waals surface area contributed by atoms with Crippen molar-refractivity contribution in [3.8, 4) is 0 Å². The van der Waals surface area contributed by atoms with E-state index in [0.717, 1.165) is 0 Å². The van der Waals surface area contributed by atoms with Gasteiger partial charge < -0.3 is 14.3 Å². The Kier molecular flexibility index (Phi) is 5.33. The van der Waals surface area contributed by atoms with E-state index in [0.29, 0.717) is 0 Å². The van der Waals surface area contributed by atoms with Crippen molar-refractivity contribution in [1.29, 1.82) is 0 Å². The van der Waals surface area contributed by atoms with E-state index in [9.17, 15) is 14.9 Å². The van der Waals surface area contributed by atoms with E-state index >= 15 is 0 Å². The van der Waals surface area contributed by atoms with Crippen molar-refractivity contribution in [3.05, 3.63) is 17.0 Å². The van der Waals surface area contributed by atoms with Crippen molar-refractivity contribution in [3.63, 3.8) is 0 Å². The first kappa shape index (κ1) is 11.5. The van der Waals surface area contributed by atoms with Gasteiger partial charge in [0, 0.05) is 0 Å². The lowest BCUT2D eigenvalue weighted by molar-refractivity contribution is -0.767. The fourth-order valence-corrected chi connectivity index (χ4v) is 0.488. The summed E-state index contributed by atoms with van der Waals surface area (Å²) in [6.45, 7) is 4.34. The fourth-order valence-electron chi connectivity index (χ4n) is 0.488. The molecular weight excluding hydrogens is 182 g/mol. The van der Waals surface area contributed by atoms with Crippen LogP contribution in [0.25, 0.3) is 0 Å². The molecule has 0 N–H and O–H groups in total. The van der Waals surface area contributed by atoms with Gasteiger partial charge in [0.25, 0.3) is 5.09 Å². The summed E-state index contributed by atoms with van der Waals surface area (Å²) < 4.78 is 8.71. The summed E-state index contributed by atoms with van der Waals surface area (Å²) in [7, 11) is 0. The van der Waals surface area contributed by atoms with E-state index < -0.39 is 17.3 Å². The van der Waals surface area contributed by atoms with Gasteiger partial charge >= 0.3 is 6.16 Å². The van der Waals surface area contributed by atoms with Crippen LogP contribution in [0.5, 0.6) is 0 Å². The van der Waals surface area contributed by atoms with Gasteiger partial charge in [-0.1, -0.05) is 0 Å². The van der Waals surface area contributed by atoms with Crippen LogP contribution < -0.4 is 0 Å². The summed E-state index contributed by atoms with van der Waals surface area (Å²) >= 11 is 0. The first-order valence-electron chi connectivity index (χ1n) is 3.46. The van der Waals surface area contributed by atoms with Gasteiger partial charge in [0.1, 0.15) is 12.7 Å². The van der Waals surface area contributed by atoms with Crippen molar-refractivity contribution in [2.24, 2.45) is 0 Å². The summed E-state index contributed by atoms with van der Waals surface area (Å²) in [5, 5.41) is 8.82. The highest BCUT2D eigenvalue weighted by Gasteiger charge is 2.10. The number of hydrogen-bond donors (Lipinski definition) is 0. The van der Waals surface area contributed by atoms with Crippen molar-refractivity contribution in [2.75, 3.05) is 13.2 Å². The molecule has 75 valence electrons. The van der Waals surface area contributed by atoms with Crippen LogP contribution in [0.3, 0.4) is 0 Å². The molecule has 0 aromatic carbocycles. The molecule has 0 saturated heterocycles. The van der Waals surface area contributed by atoms with Gasteiger partial charge in [-0.3, -0.25) is 0 Å². The second-order valence-corrected chi connectivity index (χ2v) is 2.05. The molecule has 7 nitrogen and oxygen atoms in total. The van der Waals surface area contributed by atoms with E-state index in [1.54, 1.807) is 0 Å². The van der Waals surface area contributed by atoms with Crippen LogP contribution in [0.4, 0.5) is 4.79 Å². The van der Waals surface area contributed by atoms with Crippen molar-refractivity contribution >= 4 is 6.16 Å². The molecule has 1 radical (unpaired) electrons. The average Bonchev–Trinajstić information content (AvgIpc) is 2.00. The Morgan fingerprint density at radius 1 is 1.62 bits per heavy atom. The minimum absolute atomic E-state index is 0.0523. The van der Waals surface area contributed by atoms with Gasteiger partial charge in [-0.2, -0.15) is 0 Å². The third-order valence-corrected chi connectivity index (χ3v) is 0.922. The van der Waals surface area contributed by atoms with Crippen LogP contribution in [0.2, 0.25) is 0 Å². The molecule has 0 aromatic heterocycles. The van der Waals surface area contributed by atoms with Crippen molar-refractivity contribution in [1.82, 2.24) is 0 Å². The Hall–Kier alpha value is -1.53. The maximum absolute atomic E-state index is 10.5. The quantitative estimate of drug-likeness (QED) is 0.359. The third kappa shape index (κ3) is 6.85. The summed E-state index contributed by atoms with van der Waals surface area (Å²) in [6, 6.07) is 0. The molecule has 0 rings (SSSR count). The number of carbonyl (C=O) groups excluding carboxylic acids is 1. The topological polar surface area (TPSA) is 87.9 Å². The smallest absolute Gasteiger partial charge is 0.434 e. The molecule has 0 fully saturated rings. The van der Waals surface area contributed by atoms with Crippen molar-refractivity contribution < 1.29 is 24.2 Å². The highest BCUT2D eigenvalue weighted by molar-refractivity contribution is 5.59. The van der Waals surface area contributed by atoms with E-state index in [1.807, 2.05) is 0 Å². The first-order valence-corrected chi connectivity index (χ1v) is 3.46. The lowest BCUT2D eigenvalue weighted by Gasteiger charge is -2.09. The third-order valence-electron chi connectivity index (χ3n) is 0.922. The van der Waals surface area contributed by atoms with Crippen LogP contribution >= 0.6 is 0 Å². The molecule has 1 unspecified atom stereocenters. The molecule has 0 bridgehead atoms. The Labute approximate surface area is 74.7 Å². The van der Waals surface area contributed by atoms with Gasteiger partial charge in [-0.15, -0.1) is 10.1 Å². The second-order valence-electron chi connectivity index (χ2n) is 2.05. The minimum atomic E-state index is -0.958. The predicted molar refractivity (Wildman–Crippen MR) is 40.2 cm³/mol. The molecule has 0 amide bonds. The second kappa shape index (κ2) is 6.04. The summed E-state index contributed by atoms with van der Waals surface area (Å²) in [6.07, 6.45) is -1.74. The largest absolute Gasteiger partial charge is 0.508 e. The molecule has 0 aliphatic heterocycles. The maximum Gasteiger partial charge on any atom is 0.508 e. The number of nitrogens with zero attached hydrogens (tertiary/aromatic N) is 1. The lowest BCUT2D eigenvalue weighted by atomic mass is 10.4. The number of carbonyl (C=O) groups is 1. The zero-order valence-corrected chi connectivity index (χ0v) is 7.10. The molecule has 13 heavy (non-hydrogen) atoms. The zero-order valence-electron chi connectivity index (χ0n) is 7.10. The first-order chi connectivity index (χ1) is 6.06. The Morgan fingerprint density at radius 2 is 2.23 bits per heavy atom. The molecule has 1 atom stereocenters. The molecule has 0 spiro atoms. The minimum Gasteiger partial charge on any atom is -0.434 e. The monoisotopic (exact) mass is 192 g/mol. The number of hydrogen-bond acceptors (Lipinski definition) is 6. The highest BCUT2D eigenvalue weighted by Crippen LogP contribution is 1.93. The molecule has 0 aliphatic rings. The molecule has 0 heterocycles. The number of ether oxygens (including phenoxy) is 2. The Balaban J connectivity index is 3.51. The van der Waals surface area contributed by atoms with E-state index in [4.69, 9.17) is 0 Å².